The first-order valence-electron chi connectivity index (χ1n) is 7.67. The van der Waals surface area contributed by atoms with E-state index < -0.39 is 0 Å². The molecular weight excluding hydrogens is 270 g/mol. The fraction of sp³-hybridized carbons (Fsp3) is 0.250. The topological polar surface area (TPSA) is 29.1 Å². The molecule has 2 aromatic carbocycles. The third-order valence-corrected chi connectivity index (χ3v) is 3.42. The van der Waals surface area contributed by atoms with Gasteiger partial charge in [-0.2, -0.15) is 0 Å². The number of hydrogen-bond acceptors (Lipinski definition) is 2. The van der Waals surface area contributed by atoms with Crippen LogP contribution in [0.5, 0.6) is 0 Å². The van der Waals surface area contributed by atoms with Crippen LogP contribution in [0, 0.1) is 12.8 Å². The summed E-state index contributed by atoms with van der Waals surface area (Å²) in [7, 11) is 0. The number of carbonyl (C=O) groups is 1. The van der Waals surface area contributed by atoms with Gasteiger partial charge in [0.05, 0.1) is 0 Å². The van der Waals surface area contributed by atoms with Gasteiger partial charge < -0.3 is 5.32 Å². The number of ketones is 1. The molecule has 1 N–H and O–H groups in total. The van der Waals surface area contributed by atoms with Crippen molar-refractivity contribution in [2.75, 3.05) is 5.32 Å². The van der Waals surface area contributed by atoms with Crippen LogP contribution in [0.3, 0.4) is 0 Å². The van der Waals surface area contributed by atoms with Gasteiger partial charge in [-0.25, -0.2) is 0 Å². The Hall–Kier alpha value is -2.35. The van der Waals surface area contributed by atoms with Crippen molar-refractivity contribution in [3.8, 4) is 0 Å². The number of nitrogens with one attached hydrogen (secondary N) is 1. The molecule has 0 amide bonds. The molecule has 22 heavy (non-hydrogen) atoms. The van der Waals surface area contributed by atoms with Crippen LogP contribution in [0.25, 0.3) is 0 Å². The fourth-order valence-electron chi connectivity index (χ4n) is 2.24. The molecule has 0 aliphatic carbocycles. The van der Waals surface area contributed by atoms with Crippen molar-refractivity contribution in [2.24, 2.45) is 5.92 Å². The number of allylic oxidation sites excluding steroid dienone is 1. The van der Waals surface area contributed by atoms with Crippen molar-refractivity contribution in [3.63, 3.8) is 0 Å². The molecule has 2 rings (SSSR count). The lowest BCUT2D eigenvalue weighted by Gasteiger charge is -2.06. The van der Waals surface area contributed by atoms with Crippen LogP contribution < -0.4 is 5.32 Å². The molecule has 0 aliphatic heterocycles. The Labute approximate surface area is 132 Å². The SMILES string of the molecule is Cc1ccc(C(=O)C=CNc2ccc(CC(C)C)cc2)cc1. The Morgan fingerprint density at radius 1 is 1.05 bits per heavy atom. The number of anilines is 1. The summed E-state index contributed by atoms with van der Waals surface area (Å²) in [4.78, 5) is 12.0. The lowest BCUT2D eigenvalue weighted by Crippen LogP contribution is -1.97. The number of aryl methyl sites for hydroxylation is 1. The maximum absolute atomic E-state index is 12.0. The van der Waals surface area contributed by atoms with Crippen LogP contribution in [0.2, 0.25) is 0 Å². The number of benzene rings is 2. The van der Waals surface area contributed by atoms with Gasteiger partial charge in [0.15, 0.2) is 5.78 Å². The third kappa shape index (κ3) is 4.88. The molecule has 114 valence electrons. The van der Waals surface area contributed by atoms with E-state index in [1.165, 1.54) is 5.56 Å². The zero-order valence-corrected chi connectivity index (χ0v) is 13.5. The Bertz CT molecular complexity index is 636. The molecular formula is C20H23NO. The van der Waals surface area contributed by atoms with Crippen LogP contribution in [-0.4, -0.2) is 5.78 Å². The third-order valence-electron chi connectivity index (χ3n) is 3.42. The summed E-state index contributed by atoms with van der Waals surface area (Å²) >= 11 is 0. The molecule has 0 radical (unpaired) electrons. The van der Waals surface area contributed by atoms with Crippen molar-refractivity contribution in [2.45, 2.75) is 27.2 Å². The van der Waals surface area contributed by atoms with Crippen LogP contribution in [0.15, 0.2) is 60.8 Å². The van der Waals surface area contributed by atoms with Gasteiger partial charge >= 0.3 is 0 Å². The van der Waals surface area contributed by atoms with Crippen molar-refractivity contribution >= 4 is 11.5 Å². The second-order valence-electron chi connectivity index (χ2n) is 6.00. The standard InChI is InChI=1S/C20H23NO/c1-15(2)14-17-6-10-19(11-7-17)21-13-12-20(22)18-8-4-16(3)5-9-18/h4-13,15,21H,14H2,1-3H3. The Balaban J connectivity index is 1.91. The Morgan fingerprint density at radius 2 is 1.68 bits per heavy atom. The fourth-order valence-corrected chi connectivity index (χ4v) is 2.24. The second-order valence-corrected chi connectivity index (χ2v) is 6.00. The summed E-state index contributed by atoms with van der Waals surface area (Å²) in [5, 5.41) is 3.14. The quantitative estimate of drug-likeness (QED) is 0.599. The molecule has 0 atom stereocenters. The second kappa shape index (κ2) is 7.60. The molecule has 0 aliphatic rings. The zero-order valence-electron chi connectivity index (χ0n) is 13.5. The van der Waals surface area contributed by atoms with Crippen molar-refractivity contribution in [3.05, 3.63) is 77.5 Å². The van der Waals surface area contributed by atoms with Crippen molar-refractivity contribution < 1.29 is 4.79 Å². The summed E-state index contributed by atoms with van der Waals surface area (Å²) in [6.45, 7) is 6.44. The first-order chi connectivity index (χ1) is 10.5. The Kier molecular flexibility index (Phi) is 5.54. The minimum Gasteiger partial charge on any atom is -0.362 e. The van der Waals surface area contributed by atoms with Gasteiger partial charge in [0.25, 0.3) is 0 Å². The van der Waals surface area contributed by atoms with E-state index in [4.69, 9.17) is 0 Å². The molecule has 0 fully saturated rings. The highest BCUT2D eigenvalue weighted by Crippen LogP contribution is 2.13. The lowest BCUT2D eigenvalue weighted by molar-refractivity contribution is 0.104. The highest BCUT2D eigenvalue weighted by atomic mass is 16.1. The molecule has 2 aromatic rings. The lowest BCUT2D eigenvalue weighted by atomic mass is 10.0. The van der Waals surface area contributed by atoms with Gasteiger partial charge in [0.2, 0.25) is 0 Å². The van der Waals surface area contributed by atoms with Crippen LogP contribution in [0.1, 0.15) is 35.3 Å². The van der Waals surface area contributed by atoms with E-state index in [-0.39, 0.29) is 5.78 Å². The maximum atomic E-state index is 12.0. The van der Waals surface area contributed by atoms with Crippen molar-refractivity contribution in [1.82, 2.24) is 0 Å². The minimum atomic E-state index is 0.00364. The van der Waals surface area contributed by atoms with E-state index in [2.05, 4.69) is 31.3 Å². The molecule has 0 spiro atoms. The van der Waals surface area contributed by atoms with E-state index in [1.54, 1.807) is 12.3 Å². The van der Waals surface area contributed by atoms with Crippen molar-refractivity contribution in [1.29, 1.82) is 0 Å². The molecule has 0 aromatic heterocycles. The van der Waals surface area contributed by atoms with Gasteiger partial charge in [-0.15, -0.1) is 0 Å². The van der Waals surface area contributed by atoms with E-state index in [9.17, 15) is 4.79 Å². The summed E-state index contributed by atoms with van der Waals surface area (Å²) in [6, 6.07) is 15.9. The zero-order chi connectivity index (χ0) is 15.9. The van der Waals surface area contributed by atoms with Gasteiger partial charge in [0, 0.05) is 23.5 Å². The summed E-state index contributed by atoms with van der Waals surface area (Å²) < 4.78 is 0. The monoisotopic (exact) mass is 293 g/mol. The van der Waals surface area contributed by atoms with E-state index in [0.717, 1.165) is 17.7 Å². The van der Waals surface area contributed by atoms with Gasteiger partial charge in [-0.05, 0) is 37.0 Å². The highest BCUT2D eigenvalue weighted by Gasteiger charge is 2.00. The van der Waals surface area contributed by atoms with E-state index in [1.807, 2.05) is 43.3 Å². The molecule has 2 nitrogen and oxygen atoms in total. The number of hydrogen-bond donors (Lipinski definition) is 1. The van der Waals surface area contributed by atoms with E-state index in [0.29, 0.717) is 11.5 Å². The number of carbonyl (C=O) groups excluding carboxylic acids is 1. The van der Waals surface area contributed by atoms with Gasteiger partial charge in [0.1, 0.15) is 0 Å². The molecule has 0 bridgehead atoms. The molecule has 2 heteroatoms. The molecule has 0 heterocycles. The first kappa shape index (κ1) is 16.0. The molecule has 0 saturated carbocycles. The highest BCUT2D eigenvalue weighted by molar-refractivity contribution is 6.04. The average molecular weight is 293 g/mol. The van der Waals surface area contributed by atoms with Crippen LogP contribution >= 0.6 is 0 Å². The Morgan fingerprint density at radius 3 is 2.27 bits per heavy atom. The number of rotatable bonds is 6. The minimum absolute atomic E-state index is 0.00364. The van der Waals surface area contributed by atoms with Crippen LogP contribution in [0.4, 0.5) is 5.69 Å². The summed E-state index contributed by atoms with van der Waals surface area (Å²) in [5.74, 6) is 0.662. The normalized spacial score (nSPS) is 11.1. The largest absolute Gasteiger partial charge is 0.362 e. The molecule has 0 saturated heterocycles. The summed E-state index contributed by atoms with van der Waals surface area (Å²) in [5.41, 5.74) is 4.18. The average Bonchev–Trinajstić information content (AvgIpc) is 2.49. The summed E-state index contributed by atoms with van der Waals surface area (Å²) in [6.07, 6.45) is 4.34. The predicted molar refractivity (Wildman–Crippen MR) is 93.3 cm³/mol. The first-order valence-corrected chi connectivity index (χ1v) is 7.67. The predicted octanol–water partition coefficient (Wildman–Crippen LogP) is 5.00. The smallest absolute Gasteiger partial charge is 0.187 e. The molecule has 0 unspecified atom stereocenters. The van der Waals surface area contributed by atoms with Gasteiger partial charge in [-0.3, -0.25) is 4.79 Å². The van der Waals surface area contributed by atoms with Gasteiger partial charge in [-0.1, -0.05) is 55.8 Å². The van der Waals surface area contributed by atoms with E-state index >= 15 is 0 Å². The maximum Gasteiger partial charge on any atom is 0.187 e. The van der Waals surface area contributed by atoms with Crippen LogP contribution in [-0.2, 0) is 6.42 Å².